The molecule has 2 aromatic heterocycles. The topological polar surface area (TPSA) is 116 Å². The number of rotatable bonds is 5. The van der Waals surface area contributed by atoms with Crippen molar-refractivity contribution in [3.05, 3.63) is 59.6 Å². The maximum Gasteiger partial charge on any atom is 0.433 e. The van der Waals surface area contributed by atoms with E-state index in [1.165, 1.54) is 30.3 Å². The summed E-state index contributed by atoms with van der Waals surface area (Å²) in [6.45, 7) is -0.116. The summed E-state index contributed by atoms with van der Waals surface area (Å²) in [6, 6.07) is 7.81. The number of pyridine rings is 1. The summed E-state index contributed by atoms with van der Waals surface area (Å²) in [5, 5.41) is 9.30. The molecule has 3 aromatic rings. The first-order valence-corrected chi connectivity index (χ1v) is 7.49. The highest BCUT2D eigenvalue weighted by atomic mass is 35.5. The average molecular weight is 416 g/mol. The van der Waals surface area contributed by atoms with Crippen LogP contribution in [-0.4, -0.2) is 21.1 Å². The minimum atomic E-state index is -4.64. The largest absolute Gasteiger partial charge is 0.439 e. The van der Waals surface area contributed by atoms with E-state index in [9.17, 15) is 18.0 Å². The Morgan fingerprint density at radius 3 is 2.68 bits per heavy atom. The summed E-state index contributed by atoms with van der Waals surface area (Å²) in [7, 11) is 0. The normalized spacial score (nSPS) is 10.9. The van der Waals surface area contributed by atoms with Crippen LogP contribution in [0.3, 0.4) is 0 Å². The zero-order valence-corrected chi connectivity index (χ0v) is 14.8. The SMILES string of the molecule is Cl.NCc1cc(Oc2cccc(C(=O)Nc3nnco3)c2)nc(C(F)(F)F)c1. The van der Waals surface area contributed by atoms with Gasteiger partial charge in [0.1, 0.15) is 11.4 Å². The number of hydrogen-bond acceptors (Lipinski definition) is 7. The molecule has 0 radical (unpaired) electrons. The number of carbonyl (C=O) groups is 1. The molecular weight excluding hydrogens is 403 g/mol. The zero-order chi connectivity index (χ0) is 19.4. The maximum atomic E-state index is 12.9. The second-order valence-electron chi connectivity index (χ2n) is 5.23. The predicted molar refractivity (Wildman–Crippen MR) is 93.1 cm³/mol. The van der Waals surface area contributed by atoms with Crippen LogP contribution in [0.2, 0.25) is 0 Å². The highest BCUT2D eigenvalue weighted by molar-refractivity contribution is 6.03. The first kappa shape index (κ1) is 21.1. The van der Waals surface area contributed by atoms with Gasteiger partial charge in [0.05, 0.1) is 0 Å². The van der Waals surface area contributed by atoms with Gasteiger partial charge in [-0.3, -0.25) is 10.1 Å². The Labute approximate surface area is 162 Å². The lowest BCUT2D eigenvalue weighted by Gasteiger charge is -2.11. The van der Waals surface area contributed by atoms with E-state index >= 15 is 0 Å². The lowest BCUT2D eigenvalue weighted by molar-refractivity contribution is -0.141. The smallest absolute Gasteiger partial charge is 0.433 e. The lowest BCUT2D eigenvalue weighted by Crippen LogP contribution is -2.12. The molecule has 1 amide bonds. The van der Waals surface area contributed by atoms with Gasteiger partial charge in [0.25, 0.3) is 5.91 Å². The molecule has 0 bridgehead atoms. The van der Waals surface area contributed by atoms with Gasteiger partial charge in [-0.05, 0) is 29.8 Å². The number of carbonyl (C=O) groups excluding carboxylic acids is 1. The molecule has 3 rings (SSSR count). The fraction of sp³-hybridized carbons (Fsp3) is 0.125. The van der Waals surface area contributed by atoms with Crippen molar-refractivity contribution in [2.24, 2.45) is 5.73 Å². The molecule has 12 heteroatoms. The molecule has 2 heterocycles. The van der Waals surface area contributed by atoms with Gasteiger partial charge in [0.15, 0.2) is 0 Å². The molecule has 28 heavy (non-hydrogen) atoms. The fourth-order valence-electron chi connectivity index (χ4n) is 2.09. The molecule has 0 aliphatic carbocycles. The molecule has 0 atom stereocenters. The molecule has 0 spiro atoms. The van der Waals surface area contributed by atoms with E-state index in [4.69, 9.17) is 14.9 Å². The first-order chi connectivity index (χ1) is 12.8. The third-order valence-corrected chi connectivity index (χ3v) is 3.29. The van der Waals surface area contributed by atoms with E-state index in [0.717, 1.165) is 12.5 Å². The summed E-state index contributed by atoms with van der Waals surface area (Å²) < 4.78 is 49.0. The third-order valence-electron chi connectivity index (χ3n) is 3.29. The Hall–Kier alpha value is -3.18. The van der Waals surface area contributed by atoms with Crippen LogP contribution in [-0.2, 0) is 12.7 Å². The lowest BCUT2D eigenvalue weighted by atomic mass is 10.2. The fourth-order valence-corrected chi connectivity index (χ4v) is 2.09. The number of amides is 1. The van der Waals surface area contributed by atoms with Gasteiger partial charge in [0, 0.05) is 18.2 Å². The molecule has 3 N–H and O–H groups in total. The van der Waals surface area contributed by atoms with Crippen LogP contribution in [0, 0.1) is 0 Å². The summed E-state index contributed by atoms with van der Waals surface area (Å²) in [5.41, 5.74) is 4.68. The Morgan fingerprint density at radius 1 is 1.25 bits per heavy atom. The standard InChI is InChI=1S/C16H12F3N5O3.ClH/c17-16(18,19)12-4-9(7-20)5-13(22-12)27-11-3-1-2-10(6-11)14(25)23-15-24-21-8-26-15;/h1-6,8H,7,20H2,(H,23,24,25);1H. The van der Waals surface area contributed by atoms with Gasteiger partial charge < -0.3 is 14.9 Å². The Morgan fingerprint density at radius 2 is 2.04 bits per heavy atom. The molecular formula is C16H13ClF3N5O3. The van der Waals surface area contributed by atoms with Gasteiger partial charge in [0.2, 0.25) is 12.3 Å². The van der Waals surface area contributed by atoms with Gasteiger partial charge in [-0.15, -0.1) is 17.5 Å². The van der Waals surface area contributed by atoms with Crippen molar-refractivity contribution >= 4 is 24.3 Å². The number of aromatic nitrogens is 3. The van der Waals surface area contributed by atoms with Crippen molar-refractivity contribution in [2.45, 2.75) is 12.7 Å². The van der Waals surface area contributed by atoms with E-state index in [1.807, 2.05) is 0 Å². The number of anilines is 1. The summed E-state index contributed by atoms with van der Waals surface area (Å²) in [5.74, 6) is -0.743. The van der Waals surface area contributed by atoms with E-state index in [1.54, 1.807) is 0 Å². The first-order valence-electron chi connectivity index (χ1n) is 7.49. The molecule has 0 aliphatic rings. The van der Waals surface area contributed by atoms with Crippen molar-refractivity contribution in [3.8, 4) is 11.6 Å². The quantitative estimate of drug-likeness (QED) is 0.655. The van der Waals surface area contributed by atoms with E-state index < -0.39 is 17.8 Å². The highest BCUT2D eigenvalue weighted by Gasteiger charge is 2.33. The van der Waals surface area contributed by atoms with Gasteiger partial charge in [-0.25, -0.2) is 4.98 Å². The van der Waals surface area contributed by atoms with Crippen molar-refractivity contribution in [2.75, 3.05) is 5.32 Å². The van der Waals surface area contributed by atoms with Crippen LogP contribution >= 0.6 is 12.4 Å². The molecule has 0 saturated heterocycles. The molecule has 0 unspecified atom stereocenters. The third kappa shape index (κ3) is 5.18. The maximum absolute atomic E-state index is 12.9. The van der Waals surface area contributed by atoms with Gasteiger partial charge >= 0.3 is 12.2 Å². The number of halogens is 4. The predicted octanol–water partition coefficient (Wildman–Crippen LogP) is 3.41. The van der Waals surface area contributed by atoms with Gasteiger partial charge in [-0.2, -0.15) is 13.2 Å². The second kappa shape index (κ2) is 8.67. The van der Waals surface area contributed by atoms with Crippen LogP contribution < -0.4 is 15.8 Å². The Balaban J connectivity index is 0.00000280. The Bertz CT molecular complexity index is 951. The number of nitrogens with one attached hydrogen (secondary N) is 1. The van der Waals surface area contributed by atoms with Crippen LogP contribution in [0.15, 0.2) is 47.2 Å². The molecule has 0 saturated carbocycles. The van der Waals surface area contributed by atoms with Crippen LogP contribution in [0.25, 0.3) is 0 Å². The second-order valence-corrected chi connectivity index (χ2v) is 5.23. The number of ether oxygens (including phenoxy) is 1. The molecule has 8 nitrogen and oxygen atoms in total. The van der Waals surface area contributed by atoms with Crippen molar-refractivity contribution in [1.29, 1.82) is 0 Å². The number of nitrogens with zero attached hydrogens (tertiary/aromatic N) is 3. The summed E-state index contributed by atoms with van der Waals surface area (Å²) in [4.78, 5) is 15.6. The highest BCUT2D eigenvalue weighted by Crippen LogP contribution is 2.31. The van der Waals surface area contributed by atoms with Gasteiger partial charge in [-0.1, -0.05) is 11.2 Å². The van der Waals surface area contributed by atoms with Crippen molar-refractivity contribution in [1.82, 2.24) is 15.2 Å². The van der Waals surface area contributed by atoms with E-state index in [2.05, 4.69) is 20.5 Å². The van der Waals surface area contributed by atoms with E-state index in [-0.39, 0.29) is 47.7 Å². The molecule has 0 aliphatic heterocycles. The molecule has 0 fully saturated rings. The summed E-state index contributed by atoms with van der Waals surface area (Å²) in [6.07, 6.45) is -3.60. The van der Waals surface area contributed by atoms with Crippen molar-refractivity contribution in [3.63, 3.8) is 0 Å². The minimum absolute atomic E-state index is 0. The van der Waals surface area contributed by atoms with Crippen LogP contribution in [0.1, 0.15) is 21.6 Å². The van der Waals surface area contributed by atoms with E-state index in [0.29, 0.717) is 0 Å². The van der Waals surface area contributed by atoms with Crippen LogP contribution in [0.4, 0.5) is 19.2 Å². The molecule has 1 aromatic carbocycles. The summed E-state index contributed by atoms with van der Waals surface area (Å²) >= 11 is 0. The molecule has 148 valence electrons. The number of hydrogen-bond donors (Lipinski definition) is 2. The average Bonchev–Trinajstić information content (AvgIpc) is 3.14. The van der Waals surface area contributed by atoms with Crippen molar-refractivity contribution < 1.29 is 27.1 Å². The number of nitrogens with two attached hydrogens (primary N) is 1. The zero-order valence-electron chi connectivity index (χ0n) is 13.9. The number of benzene rings is 1. The minimum Gasteiger partial charge on any atom is -0.439 e. The van der Waals surface area contributed by atoms with Crippen LogP contribution in [0.5, 0.6) is 11.6 Å². The Kier molecular flexibility index (Phi) is 6.54. The number of alkyl halides is 3. The monoisotopic (exact) mass is 415 g/mol.